The van der Waals surface area contributed by atoms with Crippen LogP contribution in [0.4, 0.5) is 0 Å². The number of ether oxygens (including phenoxy) is 4. The van der Waals surface area contributed by atoms with Crippen LogP contribution in [0.3, 0.4) is 0 Å². The van der Waals surface area contributed by atoms with Gasteiger partial charge in [-0.15, -0.1) is 0 Å². The molecule has 40 heavy (non-hydrogen) atoms. The van der Waals surface area contributed by atoms with E-state index in [0.29, 0.717) is 30.2 Å². The number of fused-ring (bicyclic) bond motifs is 1. The molecule has 8 nitrogen and oxygen atoms in total. The first kappa shape index (κ1) is 25.8. The van der Waals surface area contributed by atoms with Gasteiger partial charge in [-0.25, -0.2) is 0 Å². The van der Waals surface area contributed by atoms with E-state index in [4.69, 9.17) is 18.9 Å². The molecule has 0 aliphatic carbocycles. The predicted molar refractivity (Wildman–Crippen MR) is 153 cm³/mol. The van der Waals surface area contributed by atoms with Gasteiger partial charge in [0, 0.05) is 44.5 Å². The van der Waals surface area contributed by atoms with E-state index in [2.05, 4.69) is 27.7 Å². The SMILES string of the molecule is COc1ccc(-n2c(-c3ccccc3)cc(C(=O)N3CCN(Cc4ccc5c(c4)OCO5)CC3)c2C)c(OC)c1. The minimum atomic E-state index is 0.0450. The number of nitrogens with zero attached hydrogens (tertiary/aromatic N) is 3. The van der Waals surface area contributed by atoms with E-state index >= 15 is 0 Å². The highest BCUT2D eigenvalue weighted by Crippen LogP contribution is 2.36. The topological polar surface area (TPSA) is 65.4 Å². The normalized spacial score (nSPS) is 14.8. The largest absolute Gasteiger partial charge is 0.497 e. The molecule has 1 saturated heterocycles. The lowest BCUT2D eigenvalue weighted by molar-refractivity contribution is 0.0627. The molecule has 0 spiro atoms. The number of methoxy groups -OCH3 is 2. The molecule has 6 rings (SSSR count). The number of carbonyl (C=O) groups is 1. The van der Waals surface area contributed by atoms with Crippen molar-refractivity contribution in [2.75, 3.05) is 47.2 Å². The highest BCUT2D eigenvalue weighted by atomic mass is 16.7. The molecule has 3 heterocycles. The van der Waals surface area contributed by atoms with Gasteiger partial charge in [0.2, 0.25) is 6.79 Å². The van der Waals surface area contributed by atoms with Crippen molar-refractivity contribution < 1.29 is 23.7 Å². The smallest absolute Gasteiger partial charge is 0.255 e. The Balaban J connectivity index is 1.25. The number of carbonyl (C=O) groups excluding carboxylic acids is 1. The fourth-order valence-corrected chi connectivity index (χ4v) is 5.50. The zero-order valence-corrected chi connectivity index (χ0v) is 23.1. The van der Waals surface area contributed by atoms with Gasteiger partial charge in [0.25, 0.3) is 5.91 Å². The summed E-state index contributed by atoms with van der Waals surface area (Å²) in [5.74, 6) is 3.02. The number of piperazine rings is 1. The molecule has 2 aliphatic heterocycles. The second-order valence-electron chi connectivity index (χ2n) is 10.0. The maximum absolute atomic E-state index is 13.9. The Kier molecular flexibility index (Phi) is 7.09. The van der Waals surface area contributed by atoms with Crippen molar-refractivity contribution in [2.24, 2.45) is 0 Å². The van der Waals surface area contributed by atoms with Gasteiger partial charge in [-0.3, -0.25) is 9.69 Å². The molecule has 0 radical (unpaired) electrons. The molecule has 1 fully saturated rings. The number of rotatable bonds is 7. The van der Waals surface area contributed by atoms with E-state index in [1.807, 2.05) is 66.4 Å². The van der Waals surface area contributed by atoms with Crippen LogP contribution < -0.4 is 18.9 Å². The summed E-state index contributed by atoms with van der Waals surface area (Å²) in [5, 5.41) is 0. The third-order valence-corrected chi connectivity index (χ3v) is 7.68. The Morgan fingerprint density at radius 1 is 0.850 bits per heavy atom. The van der Waals surface area contributed by atoms with Crippen LogP contribution in [0.25, 0.3) is 16.9 Å². The number of benzene rings is 3. The molecule has 4 aromatic rings. The van der Waals surface area contributed by atoms with Crippen LogP contribution in [0.5, 0.6) is 23.0 Å². The molecule has 1 aromatic heterocycles. The third-order valence-electron chi connectivity index (χ3n) is 7.68. The average Bonchev–Trinajstić information content (AvgIpc) is 3.61. The van der Waals surface area contributed by atoms with E-state index in [-0.39, 0.29) is 12.7 Å². The quantitative estimate of drug-likeness (QED) is 0.324. The molecule has 0 N–H and O–H groups in total. The van der Waals surface area contributed by atoms with Crippen molar-refractivity contribution in [3.05, 3.63) is 89.6 Å². The fraction of sp³-hybridized carbons (Fsp3) is 0.281. The number of hydrogen-bond acceptors (Lipinski definition) is 6. The first-order valence-corrected chi connectivity index (χ1v) is 13.5. The molecular formula is C32H33N3O5. The zero-order valence-electron chi connectivity index (χ0n) is 23.1. The molecule has 3 aromatic carbocycles. The van der Waals surface area contributed by atoms with Crippen LogP contribution >= 0.6 is 0 Å². The van der Waals surface area contributed by atoms with Gasteiger partial charge in [-0.05, 0) is 48.4 Å². The number of amides is 1. The highest BCUT2D eigenvalue weighted by Gasteiger charge is 2.28. The maximum atomic E-state index is 13.9. The Morgan fingerprint density at radius 3 is 2.38 bits per heavy atom. The summed E-state index contributed by atoms with van der Waals surface area (Å²) in [6, 6.07) is 24.0. The lowest BCUT2D eigenvalue weighted by Gasteiger charge is -2.34. The maximum Gasteiger partial charge on any atom is 0.255 e. The number of hydrogen-bond donors (Lipinski definition) is 0. The Labute approximate surface area is 234 Å². The molecule has 0 bridgehead atoms. The molecule has 0 unspecified atom stereocenters. The van der Waals surface area contributed by atoms with E-state index < -0.39 is 0 Å². The van der Waals surface area contributed by atoms with Crippen molar-refractivity contribution in [3.8, 4) is 39.9 Å². The van der Waals surface area contributed by atoms with Gasteiger partial charge in [-0.1, -0.05) is 36.4 Å². The molecule has 206 valence electrons. The van der Waals surface area contributed by atoms with Gasteiger partial charge >= 0.3 is 0 Å². The van der Waals surface area contributed by atoms with Gasteiger partial charge in [0.15, 0.2) is 11.5 Å². The van der Waals surface area contributed by atoms with Crippen LogP contribution in [0.15, 0.2) is 72.8 Å². The van der Waals surface area contributed by atoms with Crippen molar-refractivity contribution in [2.45, 2.75) is 13.5 Å². The van der Waals surface area contributed by atoms with Crippen molar-refractivity contribution in [1.29, 1.82) is 0 Å². The molecular weight excluding hydrogens is 506 g/mol. The van der Waals surface area contributed by atoms with Crippen LogP contribution in [0, 0.1) is 6.92 Å². The van der Waals surface area contributed by atoms with Crippen molar-refractivity contribution >= 4 is 5.91 Å². The molecule has 1 amide bonds. The first-order chi connectivity index (χ1) is 19.6. The Bertz CT molecular complexity index is 1520. The molecule has 0 saturated carbocycles. The first-order valence-electron chi connectivity index (χ1n) is 13.5. The number of aromatic nitrogens is 1. The Morgan fingerprint density at radius 2 is 1.62 bits per heavy atom. The minimum absolute atomic E-state index is 0.0450. The summed E-state index contributed by atoms with van der Waals surface area (Å²) >= 11 is 0. The summed E-state index contributed by atoms with van der Waals surface area (Å²) in [6.45, 7) is 6.03. The summed E-state index contributed by atoms with van der Waals surface area (Å²) in [6.07, 6.45) is 0. The standard InChI is InChI=1S/C32H33N3O5/c1-22-26(32(36)34-15-13-33(14-16-34)20-23-9-12-29-31(17-23)40-21-39-29)19-28(24-7-5-4-6-8-24)35(22)27-11-10-25(37-2)18-30(27)38-3/h4-12,17-19H,13-16,20-21H2,1-3H3. The van der Waals surface area contributed by atoms with Crippen LogP contribution in [0.1, 0.15) is 21.6 Å². The van der Waals surface area contributed by atoms with Gasteiger partial charge < -0.3 is 28.4 Å². The summed E-state index contributed by atoms with van der Waals surface area (Å²) in [7, 11) is 3.28. The predicted octanol–water partition coefficient (Wildman–Crippen LogP) is 5.16. The summed E-state index contributed by atoms with van der Waals surface area (Å²) in [4.78, 5) is 18.2. The van der Waals surface area contributed by atoms with Gasteiger partial charge in [0.05, 0.1) is 31.2 Å². The molecule has 2 aliphatic rings. The lowest BCUT2D eigenvalue weighted by atomic mass is 10.1. The highest BCUT2D eigenvalue weighted by molar-refractivity contribution is 5.97. The fourth-order valence-electron chi connectivity index (χ4n) is 5.50. The third kappa shape index (κ3) is 4.86. The zero-order chi connectivity index (χ0) is 27.6. The summed E-state index contributed by atoms with van der Waals surface area (Å²) < 4.78 is 24.2. The second kappa shape index (κ2) is 11.0. The monoisotopic (exact) mass is 539 g/mol. The van der Waals surface area contributed by atoms with Crippen molar-refractivity contribution in [1.82, 2.24) is 14.4 Å². The van der Waals surface area contributed by atoms with Crippen LogP contribution in [-0.4, -0.2) is 67.5 Å². The van der Waals surface area contributed by atoms with Gasteiger partial charge in [0.1, 0.15) is 11.5 Å². The Hall–Kier alpha value is -4.43. The second-order valence-corrected chi connectivity index (χ2v) is 10.0. The molecule has 8 heteroatoms. The van der Waals surface area contributed by atoms with E-state index in [0.717, 1.165) is 53.8 Å². The van der Waals surface area contributed by atoms with E-state index in [9.17, 15) is 4.79 Å². The van der Waals surface area contributed by atoms with Crippen LogP contribution in [-0.2, 0) is 6.54 Å². The van der Waals surface area contributed by atoms with E-state index in [1.54, 1.807) is 14.2 Å². The average molecular weight is 540 g/mol. The van der Waals surface area contributed by atoms with Crippen molar-refractivity contribution in [3.63, 3.8) is 0 Å². The van der Waals surface area contributed by atoms with E-state index in [1.165, 1.54) is 5.56 Å². The van der Waals surface area contributed by atoms with Gasteiger partial charge in [-0.2, -0.15) is 0 Å². The minimum Gasteiger partial charge on any atom is -0.497 e. The lowest BCUT2D eigenvalue weighted by Crippen LogP contribution is -2.48. The molecule has 0 atom stereocenters. The van der Waals surface area contributed by atoms with Crippen LogP contribution in [0.2, 0.25) is 0 Å². The summed E-state index contributed by atoms with van der Waals surface area (Å²) in [5.41, 5.74) is 5.56.